The summed E-state index contributed by atoms with van der Waals surface area (Å²) in [6, 6.07) is 1.55. The van der Waals surface area contributed by atoms with Gasteiger partial charge in [-0.25, -0.2) is 19.1 Å². The Morgan fingerprint density at radius 2 is 1.82 bits per heavy atom. The largest absolute Gasteiger partial charge is 0.472 e. The molecule has 0 saturated carbocycles. The summed E-state index contributed by atoms with van der Waals surface area (Å²) < 4.78 is 53.7. The van der Waals surface area contributed by atoms with E-state index in [9.17, 15) is 23.6 Å². The molecule has 2 aliphatic rings. The van der Waals surface area contributed by atoms with Gasteiger partial charge < -0.3 is 29.9 Å². The molecule has 0 radical (unpaired) electrons. The SMILES string of the molecule is Nc1nc2c(ncn2[C@@H]2O[C@H](COP(=O)(O)O)CC2OP(=O)(O)OC[C@@H]2CC[C@H](n3cnc4cnccc4c3=O)O2)c(=O)[nH]1. The normalized spacial score (nSPS) is 25.6. The Morgan fingerprint density at radius 1 is 1.05 bits per heavy atom. The Bertz CT molecular complexity index is 1910. The molecule has 20 nitrogen and oxygen atoms in total. The van der Waals surface area contributed by atoms with E-state index < -0.39 is 58.6 Å². The van der Waals surface area contributed by atoms with Crippen LogP contribution in [0.5, 0.6) is 0 Å². The smallest absolute Gasteiger partial charge is 0.369 e. The molecule has 0 amide bonds. The molecule has 4 aromatic heterocycles. The fraction of sp³-hybridized carbons (Fsp3) is 0.455. The molecule has 6 rings (SSSR count). The predicted molar refractivity (Wildman–Crippen MR) is 147 cm³/mol. The van der Waals surface area contributed by atoms with E-state index in [1.165, 1.54) is 34.2 Å². The predicted octanol–water partition coefficient (Wildman–Crippen LogP) is 0.0835. The first kappa shape index (κ1) is 30.6. The van der Waals surface area contributed by atoms with Gasteiger partial charge in [-0.1, -0.05) is 0 Å². The Balaban J connectivity index is 1.15. The average Bonchev–Trinajstić information content (AvgIpc) is 3.69. The molecular formula is C22H26N8O12P2. The summed E-state index contributed by atoms with van der Waals surface area (Å²) >= 11 is 0. The first-order valence-corrected chi connectivity index (χ1v) is 16.1. The summed E-state index contributed by atoms with van der Waals surface area (Å²) in [5.74, 6) is -0.231. The van der Waals surface area contributed by atoms with Crippen LogP contribution >= 0.6 is 15.6 Å². The second-order valence-corrected chi connectivity index (χ2v) is 12.6. The minimum absolute atomic E-state index is 0.0322. The van der Waals surface area contributed by atoms with Crippen molar-refractivity contribution in [1.29, 1.82) is 0 Å². The molecule has 0 aliphatic carbocycles. The van der Waals surface area contributed by atoms with E-state index in [-0.39, 0.29) is 35.7 Å². The van der Waals surface area contributed by atoms with Gasteiger partial charge in [0.2, 0.25) is 5.95 Å². The number of imidazole rings is 1. The monoisotopic (exact) mass is 656 g/mol. The molecule has 6 heterocycles. The van der Waals surface area contributed by atoms with Crippen LogP contribution in [0.4, 0.5) is 5.95 Å². The lowest BCUT2D eigenvalue weighted by atomic mass is 10.2. The number of hydrogen-bond acceptors (Lipinski definition) is 14. The lowest BCUT2D eigenvalue weighted by Gasteiger charge is -2.23. The zero-order valence-electron chi connectivity index (χ0n) is 22.5. The number of ether oxygens (including phenoxy) is 2. The third-order valence-electron chi connectivity index (χ3n) is 6.97. The number of nitrogens with one attached hydrogen (secondary N) is 1. The highest BCUT2D eigenvalue weighted by atomic mass is 31.2. The van der Waals surface area contributed by atoms with Crippen LogP contribution in [0.1, 0.15) is 31.7 Å². The lowest BCUT2D eigenvalue weighted by molar-refractivity contribution is -0.0535. The number of pyridine rings is 1. The van der Waals surface area contributed by atoms with Crippen molar-refractivity contribution in [2.45, 2.75) is 50.0 Å². The maximum Gasteiger partial charge on any atom is 0.472 e. The molecular weight excluding hydrogens is 630 g/mol. The molecule has 6 N–H and O–H groups in total. The molecule has 4 aromatic rings. The number of anilines is 1. The third kappa shape index (κ3) is 6.50. The Hall–Kier alpha value is -3.42. The molecule has 2 fully saturated rings. The number of rotatable bonds is 10. The quantitative estimate of drug-likeness (QED) is 0.141. The van der Waals surface area contributed by atoms with Crippen LogP contribution in [0.15, 0.2) is 40.7 Å². The zero-order valence-corrected chi connectivity index (χ0v) is 24.3. The van der Waals surface area contributed by atoms with Crippen LogP contribution < -0.4 is 16.9 Å². The number of H-pyrrole nitrogens is 1. The van der Waals surface area contributed by atoms with Gasteiger partial charge in [-0.2, -0.15) is 4.98 Å². The molecule has 0 aromatic carbocycles. The average molecular weight is 656 g/mol. The number of aromatic amines is 1. The fourth-order valence-corrected chi connectivity index (χ4v) is 6.36. The second kappa shape index (κ2) is 11.8. The first-order valence-electron chi connectivity index (χ1n) is 13.1. The fourth-order valence-electron chi connectivity index (χ4n) is 5.06. The van der Waals surface area contributed by atoms with E-state index in [1.807, 2.05) is 0 Å². The van der Waals surface area contributed by atoms with Crippen LogP contribution in [-0.4, -0.2) is 80.3 Å². The van der Waals surface area contributed by atoms with Gasteiger partial charge in [-0.3, -0.25) is 42.3 Å². The summed E-state index contributed by atoms with van der Waals surface area (Å²) in [7, 11) is -9.68. The maximum absolute atomic E-state index is 13.0. The van der Waals surface area contributed by atoms with Gasteiger partial charge in [0.05, 0.1) is 48.8 Å². The van der Waals surface area contributed by atoms with Gasteiger partial charge in [0.25, 0.3) is 11.1 Å². The molecule has 236 valence electrons. The van der Waals surface area contributed by atoms with Crippen molar-refractivity contribution in [2.75, 3.05) is 18.9 Å². The third-order valence-corrected chi connectivity index (χ3v) is 8.47. The lowest BCUT2D eigenvalue weighted by Crippen LogP contribution is -2.26. The van der Waals surface area contributed by atoms with Gasteiger partial charge in [0.1, 0.15) is 18.7 Å². The molecule has 6 atom stereocenters. The van der Waals surface area contributed by atoms with Crippen LogP contribution in [0.25, 0.3) is 22.1 Å². The Kier molecular flexibility index (Phi) is 8.22. The number of hydrogen-bond donors (Lipinski definition) is 5. The van der Waals surface area contributed by atoms with Crippen molar-refractivity contribution in [3.63, 3.8) is 0 Å². The number of nitrogens with two attached hydrogens (primary N) is 1. The van der Waals surface area contributed by atoms with E-state index in [4.69, 9.17) is 34.0 Å². The van der Waals surface area contributed by atoms with Crippen molar-refractivity contribution >= 4 is 43.7 Å². The van der Waals surface area contributed by atoms with Crippen molar-refractivity contribution in [2.24, 2.45) is 0 Å². The van der Waals surface area contributed by atoms with E-state index in [2.05, 4.69) is 29.4 Å². The van der Waals surface area contributed by atoms with Crippen molar-refractivity contribution in [1.82, 2.24) is 34.1 Å². The summed E-state index contributed by atoms with van der Waals surface area (Å²) in [6.45, 7) is -0.953. The molecule has 2 aliphatic heterocycles. The number of phosphoric ester groups is 2. The minimum Gasteiger partial charge on any atom is -0.369 e. The van der Waals surface area contributed by atoms with Crippen LogP contribution in [-0.2, 0) is 32.2 Å². The molecule has 0 bridgehead atoms. The topological polar surface area (TPSA) is 278 Å². The number of aromatic nitrogens is 7. The van der Waals surface area contributed by atoms with Crippen molar-refractivity contribution in [3.8, 4) is 0 Å². The number of nitrogens with zero attached hydrogens (tertiary/aromatic N) is 6. The van der Waals surface area contributed by atoms with Crippen molar-refractivity contribution < 1.29 is 46.9 Å². The Morgan fingerprint density at radius 3 is 2.61 bits per heavy atom. The highest BCUT2D eigenvalue weighted by molar-refractivity contribution is 7.47. The minimum atomic E-state index is -4.86. The van der Waals surface area contributed by atoms with Gasteiger partial charge >= 0.3 is 15.6 Å². The molecule has 2 unspecified atom stereocenters. The zero-order chi connectivity index (χ0) is 31.2. The van der Waals surface area contributed by atoms with E-state index in [0.29, 0.717) is 23.7 Å². The van der Waals surface area contributed by atoms with E-state index >= 15 is 0 Å². The van der Waals surface area contributed by atoms with Gasteiger partial charge in [-0.05, 0) is 18.9 Å². The molecule has 44 heavy (non-hydrogen) atoms. The highest BCUT2D eigenvalue weighted by Gasteiger charge is 2.44. The molecule has 0 spiro atoms. The summed E-state index contributed by atoms with van der Waals surface area (Å²) in [6.07, 6.45) is 1.23. The van der Waals surface area contributed by atoms with Crippen molar-refractivity contribution in [3.05, 3.63) is 51.8 Å². The van der Waals surface area contributed by atoms with Gasteiger partial charge in [0, 0.05) is 12.6 Å². The number of phosphoric acid groups is 2. The summed E-state index contributed by atoms with van der Waals surface area (Å²) in [5, 5.41) is 0.366. The van der Waals surface area contributed by atoms with Gasteiger partial charge in [-0.15, -0.1) is 0 Å². The standard InChI is InChI=1S/C22H26N8O12P2/c23-22-27-18-17(19(31)28-22)26-10-30(18)21-15(5-12(41-21)8-38-43(33,34)35)42-44(36,37)39-7-11-1-2-16(40-11)29-9-25-14-6-24-4-3-13(14)20(29)32/h3-4,6,9-12,15-16,21H,1-2,5,7-8H2,(H,36,37)(H2,33,34,35)(H3,23,27,28,31)/t11-,12-,15?,16+,21+/m0/s1. The van der Waals surface area contributed by atoms with Crippen LogP contribution in [0, 0.1) is 0 Å². The summed E-state index contributed by atoms with van der Waals surface area (Å²) in [4.78, 5) is 72.4. The second-order valence-electron chi connectivity index (χ2n) is 9.99. The summed E-state index contributed by atoms with van der Waals surface area (Å²) in [5.41, 5.74) is 4.99. The van der Waals surface area contributed by atoms with Crippen LogP contribution in [0.2, 0.25) is 0 Å². The van der Waals surface area contributed by atoms with E-state index in [0.717, 1.165) is 0 Å². The Labute approximate surface area is 245 Å². The number of fused-ring (bicyclic) bond motifs is 2. The van der Waals surface area contributed by atoms with Crippen LogP contribution in [0.3, 0.4) is 0 Å². The maximum atomic E-state index is 13.0. The molecule has 22 heteroatoms. The molecule has 2 saturated heterocycles. The highest BCUT2D eigenvalue weighted by Crippen LogP contribution is 2.50. The van der Waals surface area contributed by atoms with Gasteiger partial charge in [0.15, 0.2) is 17.4 Å². The van der Waals surface area contributed by atoms with E-state index in [1.54, 1.807) is 6.07 Å². The number of nitrogen functional groups attached to an aromatic ring is 1. The first-order chi connectivity index (χ1) is 20.9.